The number of hydrogen-bond donors (Lipinski definition) is 2. The number of ether oxygens (including phenoxy) is 3. The molecule has 0 bridgehead atoms. The van der Waals surface area contributed by atoms with Crippen LogP contribution >= 0.6 is 0 Å². The van der Waals surface area contributed by atoms with Crippen LogP contribution in [0.2, 0.25) is 0 Å². The van der Waals surface area contributed by atoms with Gasteiger partial charge in [0.1, 0.15) is 0 Å². The van der Waals surface area contributed by atoms with Crippen molar-refractivity contribution in [2.45, 2.75) is 13.8 Å². The van der Waals surface area contributed by atoms with Crippen molar-refractivity contribution < 1.29 is 23.8 Å². The standard InChI is InChI=1S/C14H18N2O5/c1-14(2,12(17)19-3)7-15-13(18)16-9-4-5-10-11(6-9)21-8-20-10/h4-6H,7-8H2,1-3H3,(H2,15,16,18). The van der Waals surface area contributed by atoms with Crippen LogP contribution in [-0.2, 0) is 9.53 Å². The van der Waals surface area contributed by atoms with Crippen molar-refractivity contribution in [3.05, 3.63) is 18.2 Å². The molecule has 7 nitrogen and oxygen atoms in total. The number of hydrogen-bond acceptors (Lipinski definition) is 5. The molecule has 0 saturated heterocycles. The lowest BCUT2D eigenvalue weighted by molar-refractivity contribution is -0.150. The van der Waals surface area contributed by atoms with E-state index < -0.39 is 11.4 Å². The van der Waals surface area contributed by atoms with Crippen LogP contribution in [0.15, 0.2) is 18.2 Å². The predicted molar refractivity (Wildman–Crippen MR) is 75.4 cm³/mol. The number of carbonyl (C=O) groups excluding carboxylic acids is 2. The number of amides is 2. The molecule has 1 heterocycles. The second kappa shape index (κ2) is 5.90. The highest BCUT2D eigenvalue weighted by atomic mass is 16.7. The van der Waals surface area contributed by atoms with Crippen LogP contribution in [0.1, 0.15) is 13.8 Å². The largest absolute Gasteiger partial charge is 0.469 e. The quantitative estimate of drug-likeness (QED) is 0.826. The molecule has 0 radical (unpaired) electrons. The molecule has 0 aliphatic carbocycles. The van der Waals surface area contributed by atoms with Crippen molar-refractivity contribution in [3.63, 3.8) is 0 Å². The SMILES string of the molecule is COC(=O)C(C)(C)CNC(=O)Nc1ccc2c(c1)OCO2. The van der Waals surface area contributed by atoms with Gasteiger partial charge in [-0.1, -0.05) is 0 Å². The Morgan fingerprint density at radius 1 is 1.29 bits per heavy atom. The van der Waals surface area contributed by atoms with E-state index in [1.165, 1.54) is 7.11 Å². The number of fused-ring (bicyclic) bond motifs is 1. The summed E-state index contributed by atoms with van der Waals surface area (Å²) in [5, 5.41) is 5.29. The number of benzene rings is 1. The summed E-state index contributed by atoms with van der Waals surface area (Å²) in [6.45, 7) is 3.73. The van der Waals surface area contributed by atoms with Crippen molar-refractivity contribution in [2.24, 2.45) is 5.41 Å². The average Bonchev–Trinajstić information content (AvgIpc) is 2.92. The van der Waals surface area contributed by atoms with Crippen molar-refractivity contribution in [3.8, 4) is 11.5 Å². The number of nitrogens with one attached hydrogen (secondary N) is 2. The van der Waals surface area contributed by atoms with Crippen molar-refractivity contribution in [2.75, 3.05) is 25.8 Å². The van der Waals surface area contributed by atoms with E-state index in [0.29, 0.717) is 17.2 Å². The Morgan fingerprint density at radius 2 is 2.00 bits per heavy atom. The molecule has 1 aliphatic heterocycles. The van der Waals surface area contributed by atoms with Crippen molar-refractivity contribution >= 4 is 17.7 Å². The third-order valence-electron chi connectivity index (χ3n) is 3.06. The van der Waals surface area contributed by atoms with Gasteiger partial charge in [0, 0.05) is 18.3 Å². The first kappa shape index (κ1) is 15.0. The van der Waals surface area contributed by atoms with Crippen LogP contribution in [0.5, 0.6) is 11.5 Å². The van der Waals surface area contributed by atoms with E-state index in [0.717, 1.165) is 0 Å². The minimum atomic E-state index is -0.791. The second-order valence-electron chi connectivity index (χ2n) is 5.25. The van der Waals surface area contributed by atoms with Crippen molar-refractivity contribution in [1.82, 2.24) is 5.32 Å². The summed E-state index contributed by atoms with van der Waals surface area (Å²) in [5.41, 5.74) is -0.214. The van der Waals surface area contributed by atoms with E-state index in [4.69, 9.17) is 9.47 Å². The Labute approximate surface area is 122 Å². The second-order valence-corrected chi connectivity index (χ2v) is 5.25. The zero-order chi connectivity index (χ0) is 15.5. The third kappa shape index (κ3) is 3.56. The number of methoxy groups -OCH3 is 1. The Kier molecular flexibility index (Phi) is 4.21. The molecule has 7 heteroatoms. The van der Waals surface area contributed by atoms with E-state index in [1.807, 2.05) is 0 Å². The number of rotatable bonds is 4. The maximum absolute atomic E-state index is 11.8. The smallest absolute Gasteiger partial charge is 0.319 e. The first-order chi connectivity index (χ1) is 9.92. The summed E-state index contributed by atoms with van der Waals surface area (Å²) in [6, 6.07) is 4.69. The molecule has 114 valence electrons. The molecule has 21 heavy (non-hydrogen) atoms. The highest BCUT2D eigenvalue weighted by Gasteiger charge is 2.29. The summed E-state index contributed by atoms with van der Waals surface area (Å²) >= 11 is 0. The lowest BCUT2D eigenvalue weighted by atomic mass is 9.94. The average molecular weight is 294 g/mol. The zero-order valence-corrected chi connectivity index (χ0v) is 12.2. The molecular weight excluding hydrogens is 276 g/mol. The number of esters is 1. The molecule has 2 rings (SSSR count). The Bertz CT molecular complexity index is 556. The number of anilines is 1. The Morgan fingerprint density at radius 3 is 2.71 bits per heavy atom. The molecular formula is C14H18N2O5. The summed E-state index contributed by atoms with van der Waals surface area (Å²) in [4.78, 5) is 23.3. The summed E-state index contributed by atoms with van der Waals surface area (Å²) in [6.07, 6.45) is 0. The van der Waals surface area contributed by atoms with Gasteiger partial charge in [-0.05, 0) is 26.0 Å². The predicted octanol–water partition coefficient (Wildman–Crippen LogP) is 1.74. The van der Waals surface area contributed by atoms with Gasteiger partial charge in [-0.3, -0.25) is 4.79 Å². The fourth-order valence-electron chi connectivity index (χ4n) is 1.80. The van der Waals surface area contributed by atoms with Gasteiger partial charge >= 0.3 is 12.0 Å². The molecule has 0 aromatic heterocycles. The molecule has 1 aromatic rings. The van der Waals surface area contributed by atoms with Gasteiger partial charge in [-0.2, -0.15) is 0 Å². The van der Waals surface area contributed by atoms with E-state index in [1.54, 1.807) is 32.0 Å². The zero-order valence-electron chi connectivity index (χ0n) is 12.2. The van der Waals surface area contributed by atoms with Crippen LogP contribution in [0.4, 0.5) is 10.5 Å². The third-order valence-corrected chi connectivity index (χ3v) is 3.06. The van der Waals surface area contributed by atoms with Gasteiger partial charge in [0.25, 0.3) is 0 Å². The summed E-state index contributed by atoms with van der Waals surface area (Å²) in [7, 11) is 1.32. The number of carbonyl (C=O) groups is 2. The summed E-state index contributed by atoms with van der Waals surface area (Å²) in [5.74, 6) is 0.848. The van der Waals surface area contributed by atoms with Gasteiger partial charge < -0.3 is 24.8 Å². The first-order valence-electron chi connectivity index (χ1n) is 6.45. The maximum atomic E-state index is 11.8. The molecule has 0 spiro atoms. The highest BCUT2D eigenvalue weighted by molar-refractivity contribution is 5.90. The monoisotopic (exact) mass is 294 g/mol. The molecule has 0 saturated carbocycles. The van der Waals surface area contributed by atoms with E-state index >= 15 is 0 Å². The fourth-order valence-corrected chi connectivity index (χ4v) is 1.80. The molecule has 2 N–H and O–H groups in total. The topological polar surface area (TPSA) is 85.9 Å². The lowest BCUT2D eigenvalue weighted by Gasteiger charge is -2.21. The molecule has 0 fully saturated rings. The van der Waals surface area contributed by atoms with Crippen molar-refractivity contribution in [1.29, 1.82) is 0 Å². The van der Waals surface area contributed by atoms with Gasteiger partial charge in [-0.25, -0.2) is 4.79 Å². The highest BCUT2D eigenvalue weighted by Crippen LogP contribution is 2.34. The minimum absolute atomic E-state index is 0.163. The van der Waals surface area contributed by atoms with Crippen LogP contribution in [0, 0.1) is 5.41 Å². The molecule has 0 unspecified atom stereocenters. The lowest BCUT2D eigenvalue weighted by Crippen LogP contribution is -2.41. The Hall–Kier alpha value is -2.44. The molecule has 1 aromatic carbocycles. The van der Waals surface area contributed by atoms with E-state index in [-0.39, 0.29) is 19.3 Å². The molecule has 1 aliphatic rings. The number of urea groups is 1. The van der Waals surface area contributed by atoms with E-state index in [9.17, 15) is 9.59 Å². The van der Waals surface area contributed by atoms with Crippen LogP contribution in [0.25, 0.3) is 0 Å². The molecule has 2 amide bonds. The van der Waals surface area contributed by atoms with Gasteiger partial charge in [0.2, 0.25) is 6.79 Å². The minimum Gasteiger partial charge on any atom is -0.469 e. The Balaban J connectivity index is 1.89. The fraction of sp³-hybridized carbons (Fsp3) is 0.429. The van der Waals surface area contributed by atoms with Crippen LogP contribution in [0.3, 0.4) is 0 Å². The first-order valence-corrected chi connectivity index (χ1v) is 6.45. The van der Waals surface area contributed by atoms with Crippen LogP contribution in [-0.4, -0.2) is 32.4 Å². The van der Waals surface area contributed by atoms with Gasteiger partial charge in [0.05, 0.1) is 12.5 Å². The van der Waals surface area contributed by atoms with Gasteiger partial charge in [-0.15, -0.1) is 0 Å². The van der Waals surface area contributed by atoms with E-state index in [2.05, 4.69) is 15.4 Å². The maximum Gasteiger partial charge on any atom is 0.319 e. The summed E-state index contributed by atoms with van der Waals surface area (Å²) < 4.78 is 15.1. The van der Waals surface area contributed by atoms with Crippen LogP contribution < -0.4 is 20.1 Å². The molecule has 0 atom stereocenters. The normalized spacial score (nSPS) is 12.7. The van der Waals surface area contributed by atoms with Gasteiger partial charge in [0.15, 0.2) is 11.5 Å².